The Morgan fingerprint density at radius 1 is 1.09 bits per heavy atom. The molecule has 34 heavy (non-hydrogen) atoms. The van der Waals surface area contributed by atoms with E-state index in [0.717, 1.165) is 17.8 Å². The van der Waals surface area contributed by atoms with Crippen LogP contribution in [0.5, 0.6) is 6.01 Å². The van der Waals surface area contributed by atoms with Gasteiger partial charge < -0.3 is 19.9 Å². The summed E-state index contributed by atoms with van der Waals surface area (Å²) in [5.74, 6) is 0.227. The molecule has 0 aliphatic rings. The van der Waals surface area contributed by atoms with Crippen LogP contribution < -0.4 is 10.1 Å². The lowest BCUT2D eigenvalue weighted by molar-refractivity contribution is -0.137. The number of nitrogens with zero attached hydrogens (tertiary/aromatic N) is 3. The summed E-state index contributed by atoms with van der Waals surface area (Å²) in [7, 11) is 0. The van der Waals surface area contributed by atoms with Gasteiger partial charge >= 0.3 is 12.2 Å². The Kier molecular flexibility index (Phi) is 7.83. The molecule has 1 aromatic heterocycles. The summed E-state index contributed by atoms with van der Waals surface area (Å²) in [6.07, 6.45) is -5.16. The van der Waals surface area contributed by atoms with Gasteiger partial charge in [0.1, 0.15) is 0 Å². The molecule has 0 saturated carbocycles. The monoisotopic (exact) mass is 478 g/mol. The number of hydrogen-bond acceptors (Lipinski definition) is 6. The number of hydrogen-bond donors (Lipinski definition) is 2. The lowest BCUT2D eigenvalue weighted by Crippen LogP contribution is -2.30. The van der Waals surface area contributed by atoms with E-state index in [1.165, 1.54) is 10.7 Å². The van der Waals surface area contributed by atoms with Gasteiger partial charge in [0.25, 0.3) is 0 Å². The highest BCUT2D eigenvalue weighted by molar-refractivity contribution is 5.60. The summed E-state index contributed by atoms with van der Waals surface area (Å²) in [6.45, 7) is 8.33. The van der Waals surface area contributed by atoms with E-state index in [-0.39, 0.29) is 29.6 Å². The number of benzene rings is 2. The fourth-order valence-electron chi connectivity index (χ4n) is 3.05. The van der Waals surface area contributed by atoms with Crippen LogP contribution >= 0.6 is 0 Å². The normalized spacial score (nSPS) is 13.1. The van der Waals surface area contributed by atoms with Gasteiger partial charge in [0, 0.05) is 17.8 Å². The van der Waals surface area contributed by atoms with E-state index in [2.05, 4.69) is 15.4 Å². The van der Waals surface area contributed by atoms with Crippen molar-refractivity contribution < 1.29 is 27.8 Å². The van der Waals surface area contributed by atoms with E-state index in [1.54, 1.807) is 37.3 Å². The fourth-order valence-corrected chi connectivity index (χ4v) is 3.05. The molecule has 2 N–H and O–H groups in total. The molecular weight excluding hydrogens is 449 g/mol. The third kappa shape index (κ3) is 6.94. The van der Waals surface area contributed by atoms with Crippen molar-refractivity contribution in [2.75, 3.05) is 25.1 Å². The molecule has 10 heteroatoms. The van der Waals surface area contributed by atoms with E-state index in [1.807, 2.05) is 20.8 Å². The second-order valence-corrected chi connectivity index (χ2v) is 8.65. The number of alkyl halides is 3. The quantitative estimate of drug-likeness (QED) is 0.454. The zero-order valence-corrected chi connectivity index (χ0v) is 19.6. The molecule has 3 rings (SSSR count). The first-order valence-corrected chi connectivity index (χ1v) is 10.9. The molecule has 0 aliphatic heterocycles. The first-order valence-electron chi connectivity index (χ1n) is 10.9. The van der Waals surface area contributed by atoms with Crippen molar-refractivity contribution >= 4 is 5.69 Å². The number of aromatic nitrogens is 3. The third-order valence-corrected chi connectivity index (χ3v) is 4.67. The van der Waals surface area contributed by atoms with Crippen LogP contribution in [0.25, 0.3) is 17.1 Å². The maximum absolute atomic E-state index is 13.2. The van der Waals surface area contributed by atoms with Crippen LogP contribution in [0.4, 0.5) is 18.9 Å². The second-order valence-electron chi connectivity index (χ2n) is 8.65. The van der Waals surface area contributed by atoms with Gasteiger partial charge in [0.05, 0.1) is 36.2 Å². The predicted molar refractivity (Wildman–Crippen MR) is 123 cm³/mol. The number of aliphatic hydroxyl groups is 1. The highest BCUT2D eigenvalue weighted by Gasteiger charge is 2.31. The average Bonchev–Trinajstić information content (AvgIpc) is 3.20. The number of ether oxygens (including phenoxy) is 2. The van der Waals surface area contributed by atoms with Crippen LogP contribution in [0.2, 0.25) is 0 Å². The molecular formula is C24H29F3N4O3. The first kappa shape index (κ1) is 25.5. The molecule has 0 fully saturated rings. The molecule has 0 aliphatic carbocycles. The van der Waals surface area contributed by atoms with E-state index >= 15 is 0 Å². The zero-order chi connectivity index (χ0) is 24.9. The highest BCUT2D eigenvalue weighted by atomic mass is 19.4. The van der Waals surface area contributed by atoms with Crippen LogP contribution in [-0.4, -0.2) is 51.3 Å². The Bertz CT molecular complexity index is 1080. The Hall–Kier alpha value is -3.11. The van der Waals surface area contributed by atoms with Crippen LogP contribution in [0.1, 0.15) is 33.3 Å². The van der Waals surface area contributed by atoms with Crippen molar-refractivity contribution in [1.82, 2.24) is 14.8 Å². The smallest absolute Gasteiger partial charge is 0.416 e. The summed E-state index contributed by atoms with van der Waals surface area (Å²) < 4.78 is 52.0. The van der Waals surface area contributed by atoms with Gasteiger partial charge in [-0.05, 0) is 64.1 Å². The van der Waals surface area contributed by atoms with Gasteiger partial charge in [-0.1, -0.05) is 12.1 Å². The van der Waals surface area contributed by atoms with Crippen molar-refractivity contribution in [3.05, 3.63) is 54.1 Å². The van der Waals surface area contributed by atoms with Crippen molar-refractivity contribution in [3.8, 4) is 23.1 Å². The van der Waals surface area contributed by atoms with Gasteiger partial charge in [0.2, 0.25) is 0 Å². The Labute approximate surface area is 196 Å². The lowest BCUT2D eigenvalue weighted by Gasteiger charge is -2.22. The van der Waals surface area contributed by atoms with Crippen LogP contribution in [0, 0.1) is 0 Å². The minimum Gasteiger partial charge on any atom is -0.463 e. The van der Waals surface area contributed by atoms with E-state index < -0.39 is 17.8 Å². The van der Waals surface area contributed by atoms with Gasteiger partial charge in [-0.15, -0.1) is 5.10 Å². The van der Waals surface area contributed by atoms with Gasteiger partial charge in [-0.25, -0.2) is 4.68 Å². The van der Waals surface area contributed by atoms with E-state index in [9.17, 15) is 18.3 Å². The van der Waals surface area contributed by atoms with Crippen LogP contribution in [0.15, 0.2) is 48.5 Å². The Morgan fingerprint density at radius 3 is 2.41 bits per heavy atom. The fraction of sp³-hybridized carbons (Fsp3) is 0.417. The summed E-state index contributed by atoms with van der Waals surface area (Å²) >= 11 is 0. The third-order valence-electron chi connectivity index (χ3n) is 4.67. The SMILES string of the molecule is CCOc1nc(-c2cccc(C(F)(F)F)c2)n(-c2ccc(NCC(O)COC(C)(C)C)cc2)n1. The highest BCUT2D eigenvalue weighted by Crippen LogP contribution is 2.33. The van der Waals surface area contributed by atoms with E-state index in [0.29, 0.717) is 18.8 Å². The van der Waals surface area contributed by atoms with Gasteiger partial charge in [-0.3, -0.25) is 0 Å². The molecule has 2 aromatic carbocycles. The standard InChI is InChI=1S/C24H29F3N4O3/c1-5-33-22-29-21(16-7-6-8-17(13-16)24(25,26)27)31(30-22)19-11-9-18(10-12-19)28-14-20(32)15-34-23(2,3)4/h6-13,20,28,32H,5,14-15H2,1-4H3. The molecule has 7 nitrogen and oxygen atoms in total. The number of halogens is 3. The molecule has 1 unspecified atom stereocenters. The Balaban J connectivity index is 1.80. The van der Waals surface area contributed by atoms with Crippen LogP contribution in [-0.2, 0) is 10.9 Å². The molecule has 0 saturated heterocycles. The molecule has 184 valence electrons. The molecule has 1 atom stereocenters. The summed E-state index contributed by atoms with van der Waals surface area (Å²) in [5.41, 5.74) is 0.499. The maximum Gasteiger partial charge on any atom is 0.416 e. The van der Waals surface area contributed by atoms with Crippen molar-refractivity contribution in [3.63, 3.8) is 0 Å². The molecule has 0 radical (unpaired) electrons. The minimum atomic E-state index is -4.47. The van der Waals surface area contributed by atoms with Crippen LogP contribution in [0.3, 0.4) is 0 Å². The number of nitrogens with one attached hydrogen (secondary N) is 1. The zero-order valence-electron chi connectivity index (χ0n) is 19.6. The number of aliphatic hydroxyl groups excluding tert-OH is 1. The molecule has 0 spiro atoms. The summed E-state index contributed by atoms with van der Waals surface area (Å²) in [6, 6.07) is 12.1. The van der Waals surface area contributed by atoms with Crippen molar-refractivity contribution in [2.24, 2.45) is 0 Å². The first-order chi connectivity index (χ1) is 16.0. The topological polar surface area (TPSA) is 81.4 Å². The Morgan fingerprint density at radius 2 is 1.79 bits per heavy atom. The summed E-state index contributed by atoms with van der Waals surface area (Å²) in [4.78, 5) is 4.29. The van der Waals surface area contributed by atoms with Gasteiger partial charge in [-0.2, -0.15) is 18.2 Å². The second kappa shape index (κ2) is 10.4. The largest absolute Gasteiger partial charge is 0.463 e. The lowest BCUT2D eigenvalue weighted by atomic mass is 10.1. The van der Waals surface area contributed by atoms with Crippen molar-refractivity contribution in [1.29, 1.82) is 0 Å². The van der Waals surface area contributed by atoms with Gasteiger partial charge in [0.15, 0.2) is 5.82 Å². The molecule has 1 heterocycles. The predicted octanol–water partition coefficient (Wildman–Crippen LogP) is 4.94. The van der Waals surface area contributed by atoms with Crippen molar-refractivity contribution in [2.45, 2.75) is 45.6 Å². The maximum atomic E-state index is 13.2. The number of rotatable bonds is 9. The minimum absolute atomic E-state index is 0.0686. The summed E-state index contributed by atoms with van der Waals surface area (Å²) in [5, 5.41) is 17.5. The molecule has 3 aromatic rings. The van der Waals surface area contributed by atoms with E-state index in [4.69, 9.17) is 9.47 Å². The average molecular weight is 479 g/mol. The molecule has 0 bridgehead atoms. The number of anilines is 1. The molecule has 0 amide bonds.